The molecule has 2 heteroatoms. The normalized spacial score (nSPS) is 39.8. The minimum atomic E-state index is 0.838. The fraction of sp³-hybridized carbons (Fsp3) is 1.00. The van der Waals surface area contributed by atoms with Gasteiger partial charge in [0.2, 0.25) is 0 Å². The van der Waals surface area contributed by atoms with Crippen molar-refractivity contribution in [1.82, 2.24) is 10.2 Å². The largest absolute Gasteiger partial charge is 0.314 e. The molecule has 2 aliphatic carbocycles. The van der Waals surface area contributed by atoms with Crippen LogP contribution in [-0.2, 0) is 0 Å². The van der Waals surface area contributed by atoms with E-state index in [0.717, 1.165) is 23.9 Å². The summed E-state index contributed by atoms with van der Waals surface area (Å²) in [5.41, 5.74) is 0. The zero-order valence-corrected chi connectivity index (χ0v) is 12.0. The number of hydrogen-bond acceptors (Lipinski definition) is 2. The van der Waals surface area contributed by atoms with E-state index in [9.17, 15) is 0 Å². The third kappa shape index (κ3) is 2.75. The zero-order valence-electron chi connectivity index (χ0n) is 12.0. The summed E-state index contributed by atoms with van der Waals surface area (Å²) >= 11 is 0. The van der Waals surface area contributed by atoms with Gasteiger partial charge in [0.1, 0.15) is 0 Å². The predicted molar refractivity (Wildman–Crippen MR) is 76.7 cm³/mol. The molecule has 4 unspecified atom stereocenters. The highest BCUT2D eigenvalue weighted by atomic mass is 15.2. The maximum atomic E-state index is 3.77. The van der Waals surface area contributed by atoms with Crippen molar-refractivity contribution in [2.75, 3.05) is 19.6 Å². The maximum Gasteiger partial charge on any atom is 0.00985 e. The van der Waals surface area contributed by atoms with E-state index in [0.29, 0.717) is 0 Å². The first-order chi connectivity index (χ1) is 8.86. The lowest BCUT2D eigenvalue weighted by Gasteiger charge is -2.29. The molecule has 1 N–H and O–H groups in total. The van der Waals surface area contributed by atoms with Gasteiger partial charge in [-0.3, -0.25) is 0 Å². The number of piperidine rings is 1. The molecule has 0 amide bonds. The molecule has 3 aliphatic rings. The summed E-state index contributed by atoms with van der Waals surface area (Å²) < 4.78 is 0. The van der Waals surface area contributed by atoms with Crippen LogP contribution in [0, 0.1) is 11.8 Å². The molecule has 0 aromatic carbocycles. The van der Waals surface area contributed by atoms with Crippen molar-refractivity contribution in [1.29, 1.82) is 0 Å². The highest BCUT2D eigenvalue weighted by Crippen LogP contribution is 2.38. The summed E-state index contributed by atoms with van der Waals surface area (Å²) in [5.74, 6) is 2.03. The molecule has 0 aromatic rings. The van der Waals surface area contributed by atoms with Crippen molar-refractivity contribution >= 4 is 0 Å². The van der Waals surface area contributed by atoms with Gasteiger partial charge in [0.25, 0.3) is 0 Å². The minimum Gasteiger partial charge on any atom is -0.314 e. The monoisotopic (exact) mass is 250 g/mol. The highest BCUT2D eigenvalue weighted by Gasteiger charge is 2.38. The molecule has 0 aromatic heterocycles. The molecule has 1 aliphatic heterocycles. The molecule has 1 heterocycles. The average molecular weight is 250 g/mol. The molecule has 2 nitrogen and oxygen atoms in total. The van der Waals surface area contributed by atoms with Crippen LogP contribution in [0.5, 0.6) is 0 Å². The van der Waals surface area contributed by atoms with Crippen molar-refractivity contribution < 1.29 is 0 Å². The quantitative estimate of drug-likeness (QED) is 0.779. The van der Waals surface area contributed by atoms with Crippen LogP contribution in [0.25, 0.3) is 0 Å². The Bertz CT molecular complexity index is 266. The SMILES string of the molecule is CCCNC1CCCC1CCN1CC2CCC1C2. The summed E-state index contributed by atoms with van der Waals surface area (Å²) in [6.07, 6.45) is 11.6. The fourth-order valence-electron chi connectivity index (χ4n) is 4.61. The van der Waals surface area contributed by atoms with Crippen LogP contribution in [0.15, 0.2) is 0 Å². The van der Waals surface area contributed by atoms with Crippen LogP contribution in [0.1, 0.15) is 58.3 Å². The van der Waals surface area contributed by atoms with Crippen LogP contribution in [0.4, 0.5) is 0 Å². The Morgan fingerprint density at radius 2 is 2.11 bits per heavy atom. The number of nitrogens with one attached hydrogen (secondary N) is 1. The minimum absolute atomic E-state index is 0.838. The Hall–Kier alpha value is -0.0800. The van der Waals surface area contributed by atoms with Crippen LogP contribution in [0.3, 0.4) is 0 Å². The maximum absolute atomic E-state index is 3.77. The lowest BCUT2D eigenvalue weighted by molar-refractivity contribution is 0.193. The number of rotatable bonds is 6. The summed E-state index contributed by atoms with van der Waals surface area (Å²) in [6, 6.07) is 1.81. The third-order valence-corrected chi connectivity index (χ3v) is 5.63. The second-order valence-electron chi connectivity index (χ2n) is 6.87. The molecule has 2 saturated carbocycles. The molecule has 104 valence electrons. The smallest absolute Gasteiger partial charge is 0.00985 e. The Labute approximate surface area is 113 Å². The topological polar surface area (TPSA) is 15.3 Å². The lowest BCUT2D eigenvalue weighted by Crippen LogP contribution is -2.37. The molecular weight excluding hydrogens is 220 g/mol. The number of likely N-dealkylation sites (tertiary alicyclic amines) is 1. The van der Waals surface area contributed by atoms with Crippen LogP contribution in [0.2, 0.25) is 0 Å². The summed E-state index contributed by atoms with van der Waals surface area (Å²) in [6.45, 7) is 6.30. The standard InChI is InChI=1S/C16H30N2/c1-2-9-17-16-5-3-4-14(16)8-10-18-12-13-6-7-15(18)11-13/h13-17H,2-12H2,1H3. The van der Waals surface area contributed by atoms with Gasteiger partial charge in [-0.15, -0.1) is 0 Å². The zero-order chi connectivity index (χ0) is 12.4. The van der Waals surface area contributed by atoms with Gasteiger partial charge in [0, 0.05) is 18.6 Å². The van der Waals surface area contributed by atoms with Crippen molar-refractivity contribution in [3.05, 3.63) is 0 Å². The first-order valence-corrected chi connectivity index (χ1v) is 8.34. The Balaban J connectivity index is 1.42. The summed E-state index contributed by atoms with van der Waals surface area (Å²) in [7, 11) is 0. The second-order valence-corrected chi connectivity index (χ2v) is 6.87. The van der Waals surface area contributed by atoms with Crippen LogP contribution < -0.4 is 5.32 Å². The average Bonchev–Trinajstić information content (AvgIpc) is 3.09. The first kappa shape index (κ1) is 12.9. The molecule has 3 rings (SSSR count). The fourth-order valence-corrected chi connectivity index (χ4v) is 4.61. The van der Waals surface area contributed by atoms with E-state index in [2.05, 4.69) is 17.1 Å². The van der Waals surface area contributed by atoms with E-state index in [1.165, 1.54) is 71.0 Å². The number of hydrogen-bond donors (Lipinski definition) is 1. The van der Waals surface area contributed by atoms with E-state index >= 15 is 0 Å². The van der Waals surface area contributed by atoms with E-state index in [1.807, 2.05) is 0 Å². The van der Waals surface area contributed by atoms with Crippen molar-refractivity contribution in [3.63, 3.8) is 0 Å². The first-order valence-electron chi connectivity index (χ1n) is 8.34. The predicted octanol–water partition coefficient (Wildman–Crippen LogP) is 3.03. The van der Waals surface area contributed by atoms with Gasteiger partial charge >= 0.3 is 0 Å². The van der Waals surface area contributed by atoms with Crippen LogP contribution >= 0.6 is 0 Å². The molecule has 2 bridgehead atoms. The number of fused-ring (bicyclic) bond motifs is 2. The Kier molecular flexibility index (Phi) is 4.25. The van der Waals surface area contributed by atoms with Crippen LogP contribution in [-0.4, -0.2) is 36.6 Å². The van der Waals surface area contributed by atoms with E-state index < -0.39 is 0 Å². The van der Waals surface area contributed by atoms with Crippen molar-refractivity contribution in [2.45, 2.75) is 70.4 Å². The Morgan fingerprint density at radius 3 is 2.83 bits per heavy atom. The van der Waals surface area contributed by atoms with Crippen molar-refractivity contribution in [3.8, 4) is 0 Å². The van der Waals surface area contributed by atoms with E-state index in [1.54, 1.807) is 0 Å². The Morgan fingerprint density at radius 1 is 1.17 bits per heavy atom. The van der Waals surface area contributed by atoms with Gasteiger partial charge in [-0.1, -0.05) is 13.3 Å². The highest BCUT2D eigenvalue weighted by molar-refractivity contribution is 4.93. The summed E-state index contributed by atoms with van der Waals surface area (Å²) in [4.78, 5) is 2.81. The van der Waals surface area contributed by atoms with Gasteiger partial charge in [-0.25, -0.2) is 0 Å². The molecule has 0 spiro atoms. The molecule has 18 heavy (non-hydrogen) atoms. The van der Waals surface area contributed by atoms with Gasteiger partial charge in [0.05, 0.1) is 0 Å². The van der Waals surface area contributed by atoms with Gasteiger partial charge in [-0.05, 0) is 69.9 Å². The third-order valence-electron chi connectivity index (χ3n) is 5.63. The van der Waals surface area contributed by atoms with Crippen molar-refractivity contribution in [2.24, 2.45) is 11.8 Å². The second kappa shape index (κ2) is 5.92. The summed E-state index contributed by atoms with van der Waals surface area (Å²) in [5, 5.41) is 3.77. The van der Waals surface area contributed by atoms with Gasteiger partial charge in [-0.2, -0.15) is 0 Å². The lowest BCUT2D eigenvalue weighted by atomic mass is 9.98. The van der Waals surface area contributed by atoms with Gasteiger partial charge in [0.15, 0.2) is 0 Å². The number of nitrogens with zero attached hydrogens (tertiary/aromatic N) is 1. The molecule has 4 atom stereocenters. The molecule has 3 fully saturated rings. The molecule has 1 saturated heterocycles. The van der Waals surface area contributed by atoms with Gasteiger partial charge < -0.3 is 10.2 Å². The van der Waals surface area contributed by atoms with E-state index in [4.69, 9.17) is 0 Å². The molecule has 0 radical (unpaired) electrons. The van der Waals surface area contributed by atoms with E-state index in [-0.39, 0.29) is 0 Å². The molecular formula is C16H30N2.